The number of carboxylic acid groups (broad SMARTS) is 1. The largest absolute Gasteiger partial charge is 0.480 e. The van der Waals surface area contributed by atoms with Crippen LogP contribution < -0.4 is 110 Å². The van der Waals surface area contributed by atoms with Crippen LogP contribution in [-0.4, -0.2) is 257 Å². The monoisotopic (exact) mass is 1600 g/mol. The number of hydrogen-bond acceptors (Lipinski definition) is 22. The number of carboxylic acids is 1. The van der Waals surface area contributed by atoms with Gasteiger partial charge in [-0.05, 0) is 128 Å². The van der Waals surface area contributed by atoms with Crippen molar-refractivity contribution in [2.45, 2.75) is 238 Å². The average Bonchev–Trinajstić information content (AvgIpc) is 1.70. The maximum absolute atomic E-state index is 14.4. The predicted octanol–water partition coefficient (Wildman–Crippen LogP) is -7.94. The third-order valence-electron chi connectivity index (χ3n) is 16.9. The SMILES string of the molecule is CC(C)C[C@H](NC(=O)CNC(=O)[C@@H]1CCCN1C(=O)[C@H](CC(C)C)NC(=O)[C@H](CO)NC(=O)[C@H](C)NC(=O)[C@@H](NC(=O)[C@H](COP(=O)(O)O)NC(=O)[C@H](CC(C)C)NC(=O)[C@H](C)NC(=O)[C@H](CCCN=C(N)N)NC(=O)[C@H](CCCN=C(N)N)NC(=O)[C@H](CCCN=C(N)N)NC(=O)[C@@H](N)CCCCN)C(C)C)C(=O)O. The Morgan fingerprint density at radius 1 is 0.477 bits per heavy atom. The summed E-state index contributed by atoms with van der Waals surface area (Å²) in [6.45, 7) is 13.2. The molecular formula is C66H123N24O20P. The minimum absolute atomic E-state index is 0.0157. The lowest BCUT2D eigenvalue weighted by atomic mass is 10.0. The van der Waals surface area contributed by atoms with Crippen LogP contribution in [0, 0.1) is 23.7 Å². The highest BCUT2D eigenvalue weighted by atomic mass is 31.2. The molecule has 0 radical (unpaired) electrons. The lowest BCUT2D eigenvalue weighted by Crippen LogP contribution is -2.61. The molecule has 13 atom stereocenters. The maximum Gasteiger partial charge on any atom is 0.469 e. The number of aliphatic carboxylic acids is 1. The maximum atomic E-state index is 14.4. The highest BCUT2D eigenvalue weighted by Gasteiger charge is 2.41. The number of phosphoric ester groups is 1. The van der Waals surface area contributed by atoms with E-state index in [1.165, 1.54) is 32.6 Å². The van der Waals surface area contributed by atoms with E-state index in [0.717, 1.165) is 0 Å². The molecule has 0 aromatic heterocycles. The zero-order valence-corrected chi connectivity index (χ0v) is 65.9. The van der Waals surface area contributed by atoms with Crippen molar-refractivity contribution < 1.29 is 96.2 Å². The number of nitrogens with zero attached hydrogens (tertiary/aromatic N) is 4. The van der Waals surface area contributed by atoms with Crippen LogP contribution in [0.4, 0.5) is 0 Å². The number of likely N-dealkylation sites (tertiary alicyclic amines) is 1. The molecular weight excluding hydrogens is 1480 g/mol. The fourth-order valence-electron chi connectivity index (χ4n) is 11.1. The van der Waals surface area contributed by atoms with E-state index in [0.29, 0.717) is 25.8 Å². The minimum atomic E-state index is -5.42. The Labute approximate surface area is 645 Å². The van der Waals surface area contributed by atoms with Crippen LogP contribution in [0.15, 0.2) is 15.0 Å². The molecule has 44 nitrogen and oxygen atoms in total. The molecule has 13 amide bonds. The number of aliphatic hydroxyl groups is 1. The summed E-state index contributed by atoms with van der Waals surface area (Å²) in [5.74, 6) is -15.8. The zero-order chi connectivity index (χ0) is 84.6. The van der Waals surface area contributed by atoms with Crippen LogP contribution in [0.5, 0.6) is 0 Å². The van der Waals surface area contributed by atoms with Crippen molar-refractivity contribution in [1.29, 1.82) is 0 Å². The summed E-state index contributed by atoms with van der Waals surface area (Å²) in [5, 5.41) is 49.4. The number of carbonyl (C=O) groups is 14. The van der Waals surface area contributed by atoms with Gasteiger partial charge in [-0.15, -0.1) is 0 Å². The number of hydrogen-bond donors (Lipinski definition) is 24. The van der Waals surface area contributed by atoms with Crippen LogP contribution in [0.2, 0.25) is 0 Å². The Balaban J connectivity index is 3.48. The number of unbranched alkanes of at least 4 members (excludes halogenated alkanes) is 1. The van der Waals surface area contributed by atoms with E-state index in [1.54, 1.807) is 41.5 Å². The van der Waals surface area contributed by atoms with E-state index in [2.05, 4.69) is 83.3 Å². The summed E-state index contributed by atoms with van der Waals surface area (Å²) in [7, 11) is -5.42. The molecule has 0 aromatic carbocycles. The Bertz CT molecular complexity index is 3240. The molecule has 111 heavy (non-hydrogen) atoms. The normalized spacial score (nSPS) is 16.0. The fraction of sp³-hybridized carbons (Fsp3) is 0.742. The van der Waals surface area contributed by atoms with Gasteiger partial charge in [-0.25, -0.2) is 9.36 Å². The van der Waals surface area contributed by atoms with Crippen molar-refractivity contribution >= 4 is 108 Å². The van der Waals surface area contributed by atoms with Crippen LogP contribution in [0.25, 0.3) is 0 Å². The smallest absolute Gasteiger partial charge is 0.469 e. The number of nitrogens with one attached hydrogen (secondary N) is 12. The molecule has 1 rings (SSSR count). The molecule has 1 fully saturated rings. The van der Waals surface area contributed by atoms with E-state index in [9.17, 15) is 91.7 Å². The third kappa shape index (κ3) is 40.2. The zero-order valence-electron chi connectivity index (χ0n) is 65.0. The summed E-state index contributed by atoms with van der Waals surface area (Å²) >= 11 is 0. The standard InChI is InChI=1S/C66H123N24O20P/c1-33(2)27-43(85-51(93)37(9)79-54(96)40(18-13-23-75-64(69)70)83-56(98)42(20-15-25-77-66(73)74)84-55(97)41(19-14-24-76-65(71)72)82-53(95)39(68)17-11-12-22-67)57(99)88-47(32-110-111(107,108)109)59(101)89-50(36(7)8)61(103)80-38(10)52(94)87-46(31-91)58(100)86-44(28-34(3)4)62(104)90-26-16-21-48(90)60(102)78-30-49(92)81-45(63(105)106)29-35(5)6/h33-48,50,91H,11-32,67-68H2,1-10H3,(H,78,102)(H,79,96)(H,80,103)(H,81,92)(H,82,95)(H,83,98)(H,84,97)(H,85,93)(H,86,100)(H,87,94)(H,88,99)(H,89,101)(H,105,106)(H4,69,70,75)(H4,71,72,76)(H4,73,74,77)(H2,107,108,109)/t37-,38-,39-,40-,41-,42-,43-,44-,45-,46-,47-,48-,50-/m0/s1. The van der Waals surface area contributed by atoms with E-state index in [4.69, 9.17) is 45.9 Å². The number of carbonyl (C=O) groups excluding carboxylic acids is 13. The Kier molecular flexibility index (Phi) is 45.7. The first-order chi connectivity index (χ1) is 51.8. The first-order valence-electron chi connectivity index (χ1n) is 36.9. The van der Waals surface area contributed by atoms with Gasteiger partial charge in [0.15, 0.2) is 17.9 Å². The Hall–Kier alpha value is -9.62. The highest BCUT2D eigenvalue weighted by molar-refractivity contribution is 7.46. The van der Waals surface area contributed by atoms with E-state index >= 15 is 0 Å². The van der Waals surface area contributed by atoms with Gasteiger partial charge in [0, 0.05) is 26.2 Å². The number of nitrogens with two attached hydrogens (primary N) is 8. The van der Waals surface area contributed by atoms with Crippen LogP contribution in [-0.2, 0) is 76.2 Å². The first-order valence-corrected chi connectivity index (χ1v) is 38.4. The van der Waals surface area contributed by atoms with Gasteiger partial charge in [0.2, 0.25) is 76.8 Å². The highest BCUT2D eigenvalue weighted by Crippen LogP contribution is 2.35. The van der Waals surface area contributed by atoms with Gasteiger partial charge in [0.25, 0.3) is 0 Å². The second-order valence-corrected chi connectivity index (χ2v) is 29.8. The topological polar surface area (TPSA) is 739 Å². The minimum Gasteiger partial charge on any atom is -0.480 e. The Morgan fingerprint density at radius 3 is 1.32 bits per heavy atom. The quantitative estimate of drug-likeness (QED) is 0.0116. The van der Waals surface area contributed by atoms with Gasteiger partial charge < -0.3 is 135 Å². The summed E-state index contributed by atoms with van der Waals surface area (Å²) in [4.78, 5) is 224. The van der Waals surface area contributed by atoms with Crippen molar-refractivity contribution in [2.75, 3.05) is 52.5 Å². The van der Waals surface area contributed by atoms with Crippen molar-refractivity contribution in [1.82, 2.24) is 68.7 Å². The molecule has 0 saturated carbocycles. The second kappa shape index (κ2) is 51.0. The predicted molar refractivity (Wildman–Crippen MR) is 407 cm³/mol. The summed E-state index contributed by atoms with van der Waals surface area (Å²) in [6.07, 6.45) is 1.80. The van der Waals surface area contributed by atoms with Gasteiger partial charge in [-0.1, -0.05) is 61.8 Å². The number of aliphatic imine (C=N–C) groups is 3. The molecule has 32 N–H and O–H groups in total. The average molecular weight is 1600 g/mol. The third-order valence-corrected chi connectivity index (χ3v) is 17.4. The van der Waals surface area contributed by atoms with Gasteiger partial charge >= 0.3 is 13.8 Å². The molecule has 1 heterocycles. The lowest BCUT2D eigenvalue weighted by Gasteiger charge is -2.30. The van der Waals surface area contributed by atoms with Crippen molar-refractivity contribution in [2.24, 2.45) is 84.5 Å². The second-order valence-electron chi connectivity index (χ2n) is 28.6. The molecule has 1 saturated heterocycles. The van der Waals surface area contributed by atoms with Crippen molar-refractivity contribution in [3.8, 4) is 0 Å². The number of rotatable bonds is 53. The van der Waals surface area contributed by atoms with Gasteiger partial charge in [0.1, 0.15) is 72.5 Å². The van der Waals surface area contributed by atoms with E-state index < -0.39 is 201 Å². The molecule has 0 spiro atoms. The molecule has 632 valence electrons. The molecule has 0 unspecified atom stereocenters. The summed E-state index contributed by atoms with van der Waals surface area (Å²) in [5.41, 5.74) is 44.8. The molecule has 0 aliphatic carbocycles. The lowest BCUT2D eigenvalue weighted by molar-refractivity contribution is -0.143. The van der Waals surface area contributed by atoms with Crippen LogP contribution >= 0.6 is 7.82 Å². The van der Waals surface area contributed by atoms with Gasteiger partial charge in [-0.3, -0.25) is 81.8 Å². The van der Waals surface area contributed by atoms with Crippen LogP contribution in [0.1, 0.15) is 159 Å². The van der Waals surface area contributed by atoms with E-state index in [1.807, 2.05) is 0 Å². The molecule has 45 heteroatoms. The number of amides is 13. The summed E-state index contributed by atoms with van der Waals surface area (Å²) in [6, 6.07) is -18.9. The summed E-state index contributed by atoms with van der Waals surface area (Å²) < 4.78 is 16.7. The Morgan fingerprint density at radius 2 is 0.874 bits per heavy atom. The fourth-order valence-corrected chi connectivity index (χ4v) is 11.5. The van der Waals surface area contributed by atoms with Gasteiger partial charge in [0.05, 0.1) is 25.8 Å². The number of phosphoric acid groups is 1. The molecule has 1 aliphatic rings. The first kappa shape index (κ1) is 99.4. The van der Waals surface area contributed by atoms with Gasteiger partial charge in [-0.2, -0.15) is 0 Å². The van der Waals surface area contributed by atoms with E-state index in [-0.39, 0.29) is 127 Å². The molecule has 0 bridgehead atoms. The van der Waals surface area contributed by atoms with Crippen molar-refractivity contribution in [3.05, 3.63) is 0 Å². The number of guanidine groups is 3. The van der Waals surface area contributed by atoms with Crippen LogP contribution in [0.3, 0.4) is 0 Å². The molecule has 0 aromatic rings. The molecule has 1 aliphatic heterocycles. The van der Waals surface area contributed by atoms with Crippen molar-refractivity contribution in [3.63, 3.8) is 0 Å². The number of aliphatic hydroxyl groups excluding tert-OH is 1.